The van der Waals surface area contributed by atoms with Gasteiger partial charge in [0, 0.05) is 25.0 Å². The third kappa shape index (κ3) is 7.57. The number of amides is 2. The topological polar surface area (TPSA) is 86.8 Å². The number of hydrogen-bond donors (Lipinski definition) is 1. The van der Waals surface area contributed by atoms with Crippen LogP contribution in [0.5, 0.6) is 0 Å². The molecule has 218 valence electrons. The monoisotopic (exact) mass is 603 g/mol. The Hall–Kier alpha value is -4.14. The summed E-state index contributed by atoms with van der Waals surface area (Å²) >= 11 is 6.25. The Balaban J connectivity index is 1.78. The van der Waals surface area contributed by atoms with Crippen molar-refractivity contribution in [2.75, 3.05) is 17.9 Å². The minimum Gasteiger partial charge on any atom is -0.357 e. The van der Waals surface area contributed by atoms with Crippen molar-refractivity contribution in [3.05, 3.63) is 130 Å². The molecule has 0 bridgehead atoms. The fourth-order valence-corrected chi connectivity index (χ4v) is 6.26. The molecule has 4 aromatic carbocycles. The molecule has 7 nitrogen and oxygen atoms in total. The number of rotatable bonds is 11. The summed E-state index contributed by atoms with van der Waals surface area (Å²) in [5.41, 5.74) is 3.77. The lowest BCUT2D eigenvalue weighted by molar-refractivity contribution is -0.139. The number of nitrogens with one attached hydrogen (secondary N) is 1. The Bertz CT molecular complexity index is 1630. The predicted molar refractivity (Wildman–Crippen MR) is 167 cm³/mol. The number of carbonyl (C=O) groups excluding carboxylic acids is 2. The number of hydrogen-bond acceptors (Lipinski definition) is 4. The summed E-state index contributed by atoms with van der Waals surface area (Å²) in [5.74, 6) is -0.895. The second kappa shape index (κ2) is 13.7. The summed E-state index contributed by atoms with van der Waals surface area (Å²) in [6.45, 7) is 3.31. The molecule has 2 amide bonds. The molecule has 0 spiro atoms. The van der Waals surface area contributed by atoms with Crippen LogP contribution in [-0.2, 0) is 32.6 Å². The molecule has 0 aromatic heterocycles. The quantitative estimate of drug-likeness (QED) is 0.244. The van der Waals surface area contributed by atoms with Crippen LogP contribution in [0.3, 0.4) is 0 Å². The summed E-state index contributed by atoms with van der Waals surface area (Å²) < 4.78 is 29.1. The van der Waals surface area contributed by atoms with Crippen LogP contribution in [0.2, 0.25) is 5.02 Å². The molecule has 0 aliphatic rings. The maximum Gasteiger partial charge on any atom is 0.264 e. The number of nitrogens with zero attached hydrogens (tertiary/aromatic N) is 2. The molecule has 4 aromatic rings. The van der Waals surface area contributed by atoms with Crippen LogP contribution < -0.4 is 9.62 Å². The highest BCUT2D eigenvalue weighted by Crippen LogP contribution is 2.26. The van der Waals surface area contributed by atoms with E-state index in [1.54, 1.807) is 54.6 Å². The number of carbonyl (C=O) groups is 2. The number of sulfonamides is 1. The Labute approximate surface area is 252 Å². The van der Waals surface area contributed by atoms with Gasteiger partial charge in [0.2, 0.25) is 11.8 Å². The van der Waals surface area contributed by atoms with Gasteiger partial charge in [0.05, 0.1) is 10.6 Å². The third-order valence-corrected chi connectivity index (χ3v) is 8.99. The van der Waals surface area contributed by atoms with Crippen LogP contribution in [0.15, 0.2) is 108 Å². The number of aryl methyl sites for hydroxylation is 2. The minimum absolute atomic E-state index is 0.0522. The molecular formula is C33H34ClN3O4S. The molecule has 0 saturated carbocycles. The number of likely N-dealkylation sites (N-methyl/N-ethyl adjacent to an activating group) is 1. The molecule has 9 heteroatoms. The molecule has 4 rings (SSSR count). The first-order valence-electron chi connectivity index (χ1n) is 13.5. The zero-order valence-electron chi connectivity index (χ0n) is 23.8. The van der Waals surface area contributed by atoms with E-state index in [-0.39, 0.29) is 23.8 Å². The molecule has 0 heterocycles. The SMILES string of the molecule is CNC(=O)[C@@H](Cc1ccccc1)N(Cc1cccc(Cl)c1)C(=O)CN(c1ccc(C)cc1)S(=O)(=O)c1ccc(C)cc1. The maximum atomic E-state index is 14.3. The van der Waals surface area contributed by atoms with Crippen LogP contribution in [-0.4, -0.2) is 44.8 Å². The van der Waals surface area contributed by atoms with Gasteiger partial charge in [-0.25, -0.2) is 8.42 Å². The van der Waals surface area contributed by atoms with Crippen LogP contribution in [0.4, 0.5) is 5.69 Å². The zero-order chi connectivity index (χ0) is 30.3. The highest BCUT2D eigenvalue weighted by Gasteiger charge is 2.34. The highest BCUT2D eigenvalue weighted by molar-refractivity contribution is 7.92. The van der Waals surface area contributed by atoms with Gasteiger partial charge in [-0.1, -0.05) is 89.5 Å². The molecule has 42 heavy (non-hydrogen) atoms. The first-order valence-corrected chi connectivity index (χ1v) is 15.4. The van der Waals surface area contributed by atoms with Crippen molar-refractivity contribution >= 4 is 39.1 Å². The van der Waals surface area contributed by atoms with E-state index in [4.69, 9.17) is 11.6 Å². The van der Waals surface area contributed by atoms with Crippen molar-refractivity contribution in [1.29, 1.82) is 0 Å². The Morgan fingerprint density at radius 3 is 2.00 bits per heavy atom. The van der Waals surface area contributed by atoms with Crippen molar-refractivity contribution in [2.45, 2.75) is 37.8 Å². The standard InChI is InChI=1S/C33H34ClN3O4S/c1-24-12-16-29(17-13-24)37(42(40,41)30-18-14-25(2)15-19-30)23-32(38)36(22-27-10-7-11-28(34)20-27)31(33(39)35-3)21-26-8-5-4-6-9-26/h4-20,31H,21-23H2,1-3H3,(H,35,39)/t31-/m1/s1. The van der Waals surface area contributed by atoms with Crippen LogP contribution in [0, 0.1) is 13.8 Å². The molecule has 0 fully saturated rings. The molecule has 0 aliphatic heterocycles. The van der Waals surface area contributed by atoms with Gasteiger partial charge < -0.3 is 10.2 Å². The smallest absolute Gasteiger partial charge is 0.264 e. The number of anilines is 1. The fourth-order valence-electron chi connectivity index (χ4n) is 4.63. The van der Waals surface area contributed by atoms with E-state index >= 15 is 0 Å². The van der Waals surface area contributed by atoms with Crippen molar-refractivity contribution < 1.29 is 18.0 Å². The van der Waals surface area contributed by atoms with E-state index in [1.807, 2.05) is 50.2 Å². The molecule has 0 radical (unpaired) electrons. The largest absolute Gasteiger partial charge is 0.357 e. The summed E-state index contributed by atoms with van der Waals surface area (Å²) in [6.07, 6.45) is 0.238. The number of benzene rings is 4. The van der Waals surface area contributed by atoms with Crippen LogP contribution in [0.25, 0.3) is 0 Å². The van der Waals surface area contributed by atoms with Gasteiger partial charge in [-0.15, -0.1) is 0 Å². The summed E-state index contributed by atoms with van der Waals surface area (Å²) in [7, 11) is -2.62. The van der Waals surface area contributed by atoms with Crippen molar-refractivity contribution in [3.8, 4) is 0 Å². The summed E-state index contributed by atoms with van der Waals surface area (Å²) in [6, 6.07) is 29.0. The van der Waals surface area contributed by atoms with Crippen LogP contribution >= 0.6 is 11.6 Å². The molecular weight excluding hydrogens is 570 g/mol. The van der Waals surface area contributed by atoms with E-state index in [2.05, 4.69) is 5.32 Å². The van der Waals surface area contributed by atoms with Gasteiger partial charge in [0.1, 0.15) is 12.6 Å². The van der Waals surface area contributed by atoms with E-state index < -0.39 is 28.5 Å². The normalized spacial score (nSPS) is 11.9. The first-order chi connectivity index (χ1) is 20.1. The average Bonchev–Trinajstić information content (AvgIpc) is 2.98. The minimum atomic E-state index is -4.14. The lowest BCUT2D eigenvalue weighted by Gasteiger charge is -2.33. The van der Waals surface area contributed by atoms with Gasteiger partial charge in [0.15, 0.2) is 0 Å². The average molecular weight is 604 g/mol. The summed E-state index contributed by atoms with van der Waals surface area (Å²) in [5, 5.41) is 3.17. The van der Waals surface area contributed by atoms with Crippen molar-refractivity contribution in [2.24, 2.45) is 0 Å². The zero-order valence-corrected chi connectivity index (χ0v) is 25.4. The molecule has 0 unspecified atom stereocenters. The molecule has 0 saturated heterocycles. The third-order valence-electron chi connectivity index (χ3n) is 6.97. The van der Waals surface area contributed by atoms with E-state index in [9.17, 15) is 18.0 Å². The van der Waals surface area contributed by atoms with Gasteiger partial charge in [0.25, 0.3) is 10.0 Å². The maximum absolute atomic E-state index is 14.3. The molecule has 0 aliphatic carbocycles. The second-order valence-corrected chi connectivity index (χ2v) is 12.4. The molecule has 1 N–H and O–H groups in total. The lowest BCUT2D eigenvalue weighted by Crippen LogP contribution is -2.53. The van der Waals surface area contributed by atoms with E-state index in [1.165, 1.54) is 24.1 Å². The Kier molecular flexibility index (Phi) is 10.0. The Morgan fingerprint density at radius 2 is 1.40 bits per heavy atom. The Morgan fingerprint density at radius 1 is 0.810 bits per heavy atom. The number of halogens is 1. The lowest BCUT2D eigenvalue weighted by atomic mass is 10.0. The first kappa shape index (κ1) is 30.8. The van der Waals surface area contributed by atoms with Crippen molar-refractivity contribution in [3.63, 3.8) is 0 Å². The van der Waals surface area contributed by atoms with Gasteiger partial charge in [-0.05, 0) is 61.4 Å². The van der Waals surface area contributed by atoms with Crippen molar-refractivity contribution in [1.82, 2.24) is 10.2 Å². The van der Waals surface area contributed by atoms with Gasteiger partial charge in [-0.3, -0.25) is 13.9 Å². The second-order valence-electron chi connectivity index (χ2n) is 10.1. The predicted octanol–water partition coefficient (Wildman–Crippen LogP) is 5.54. The highest BCUT2D eigenvalue weighted by atomic mass is 35.5. The fraction of sp³-hybridized carbons (Fsp3) is 0.212. The van der Waals surface area contributed by atoms with Gasteiger partial charge >= 0.3 is 0 Å². The van der Waals surface area contributed by atoms with Gasteiger partial charge in [-0.2, -0.15) is 0 Å². The van der Waals surface area contributed by atoms with Crippen LogP contribution in [0.1, 0.15) is 22.3 Å². The molecule has 1 atom stereocenters. The van der Waals surface area contributed by atoms with E-state index in [0.717, 1.165) is 21.0 Å². The summed E-state index contributed by atoms with van der Waals surface area (Å²) in [4.78, 5) is 29.1. The van der Waals surface area contributed by atoms with E-state index in [0.29, 0.717) is 16.3 Å².